The molecule has 0 spiro atoms. The summed E-state index contributed by atoms with van der Waals surface area (Å²) in [7, 11) is 1.67. The average molecular weight is 152 g/mol. The Morgan fingerprint density at radius 1 is 1.27 bits per heavy atom. The van der Waals surface area contributed by atoms with Gasteiger partial charge >= 0.3 is 0 Å². The van der Waals surface area contributed by atoms with Gasteiger partial charge in [-0.05, 0) is 32.4 Å². The molecule has 0 aromatic rings. The third-order valence-electron chi connectivity index (χ3n) is 1.50. The van der Waals surface area contributed by atoms with Gasteiger partial charge in [0.1, 0.15) is 5.76 Å². The van der Waals surface area contributed by atoms with Crippen molar-refractivity contribution >= 4 is 0 Å². The summed E-state index contributed by atoms with van der Waals surface area (Å²) in [5.74, 6) is 0.889. The molecule has 0 amide bonds. The van der Waals surface area contributed by atoms with Crippen molar-refractivity contribution in [2.75, 3.05) is 7.11 Å². The fraction of sp³-hybridized carbons (Fsp3) is 0.400. The Bertz CT molecular complexity index is 197. The van der Waals surface area contributed by atoms with Crippen LogP contribution in [0.3, 0.4) is 0 Å². The van der Waals surface area contributed by atoms with Gasteiger partial charge < -0.3 is 4.74 Å². The molecule has 0 heterocycles. The third kappa shape index (κ3) is 2.62. The van der Waals surface area contributed by atoms with Gasteiger partial charge in [0.05, 0.1) is 7.11 Å². The van der Waals surface area contributed by atoms with Gasteiger partial charge in [-0.2, -0.15) is 0 Å². The molecule has 62 valence electrons. The summed E-state index contributed by atoms with van der Waals surface area (Å²) < 4.78 is 5.15. The molecule has 0 aromatic heterocycles. The van der Waals surface area contributed by atoms with E-state index < -0.39 is 0 Å². The molecule has 0 N–H and O–H groups in total. The second-order valence-electron chi connectivity index (χ2n) is 2.34. The molecule has 0 unspecified atom stereocenters. The van der Waals surface area contributed by atoms with Gasteiger partial charge in [0.25, 0.3) is 0 Å². The van der Waals surface area contributed by atoms with Gasteiger partial charge in [0.15, 0.2) is 0 Å². The van der Waals surface area contributed by atoms with Gasteiger partial charge in [0, 0.05) is 5.57 Å². The molecular weight excluding hydrogens is 136 g/mol. The molecule has 11 heavy (non-hydrogen) atoms. The second kappa shape index (κ2) is 4.78. The Morgan fingerprint density at radius 2 is 1.82 bits per heavy atom. The van der Waals surface area contributed by atoms with Crippen molar-refractivity contribution in [2.24, 2.45) is 0 Å². The lowest BCUT2D eigenvalue weighted by Gasteiger charge is -2.09. The number of rotatable bonds is 3. The Morgan fingerprint density at radius 3 is 1.91 bits per heavy atom. The highest BCUT2D eigenvalue weighted by Crippen LogP contribution is 2.17. The van der Waals surface area contributed by atoms with Gasteiger partial charge in [-0.1, -0.05) is 12.7 Å². The lowest BCUT2D eigenvalue weighted by atomic mass is 10.1. The summed E-state index contributed by atoms with van der Waals surface area (Å²) in [6.07, 6.45) is 3.94. The molecule has 0 atom stereocenters. The van der Waals surface area contributed by atoms with Crippen LogP contribution in [0.25, 0.3) is 0 Å². The first-order valence-electron chi connectivity index (χ1n) is 3.70. The van der Waals surface area contributed by atoms with Crippen molar-refractivity contribution < 1.29 is 4.74 Å². The van der Waals surface area contributed by atoms with E-state index in [9.17, 15) is 0 Å². The maximum atomic E-state index is 5.15. The standard InChI is InChI=1S/C10H16O/c1-6-9(8(3)4)10(7-2)11-5/h6-7H,3H2,1-2,4-5H3/b9-6-,10-7+. The molecule has 1 heteroatoms. The lowest BCUT2D eigenvalue weighted by Crippen LogP contribution is -1.92. The monoisotopic (exact) mass is 152 g/mol. The Hall–Kier alpha value is -0.980. The quantitative estimate of drug-likeness (QED) is 0.446. The summed E-state index contributed by atoms with van der Waals surface area (Å²) in [6, 6.07) is 0. The van der Waals surface area contributed by atoms with E-state index in [0.29, 0.717) is 0 Å². The first-order valence-corrected chi connectivity index (χ1v) is 3.70. The van der Waals surface area contributed by atoms with Crippen LogP contribution in [0, 0.1) is 0 Å². The summed E-state index contributed by atoms with van der Waals surface area (Å²) in [4.78, 5) is 0. The van der Waals surface area contributed by atoms with Crippen molar-refractivity contribution in [1.29, 1.82) is 0 Å². The molecule has 0 aliphatic heterocycles. The van der Waals surface area contributed by atoms with Gasteiger partial charge in [-0.15, -0.1) is 0 Å². The molecule has 0 radical (unpaired) electrons. The zero-order chi connectivity index (χ0) is 8.85. The highest BCUT2D eigenvalue weighted by atomic mass is 16.5. The fourth-order valence-electron chi connectivity index (χ4n) is 0.982. The largest absolute Gasteiger partial charge is 0.496 e. The minimum Gasteiger partial charge on any atom is -0.496 e. The van der Waals surface area contributed by atoms with Gasteiger partial charge in [-0.25, -0.2) is 0 Å². The van der Waals surface area contributed by atoms with Crippen LogP contribution in [0.4, 0.5) is 0 Å². The van der Waals surface area contributed by atoms with E-state index in [-0.39, 0.29) is 0 Å². The highest BCUT2D eigenvalue weighted by Gasteiger charge is 2.02. The van der Waals surface area contributed by atoms with Crippen molar-refractivity contribution in [3.63, 3.8) is 0 Å². The molecule has 1 nitrogen and oxygen atoms in total. The van der Waals surface area contributed by atoms with E-state index in [1.807, 2.05) is 32.9 Å². The molecule has 0 saturated heterocycles. The van der Waals surface area contributed by atoms with Crippen LogP contribution in [-0.4, -0.2) is 7.11 Å². The maximum absolute atomic E-state index is 5.15. The van der Waals surface area contributed by atoms with Gasteiger partial charge in [0.2, 0.25) is 0 Å². The van der Waals surface area contributed by atoms with Crippen molar-refractivity contribution in [3.05, 3.63) is 35.6 Å². The predicted octanol–water partition coefficient (Wildman–Crippen LogP) is 3.06. The van der Waals surface area contributed by atoms with Crippen LogP contribution in [0.15, 0.2) is 35.6 Å². The molecular formula is C10H16O. The van der Waals surface area contributed by atoms with E-state index in [2.05, 4.69) is 6.58 Å². The Balaban J connectivity index is 4.65. The molecule has 0 aromatic carbocycles. The SMILES string of the molecule is C=C(C)C(=C/C)/C(=C\C)OC. The van der Waals surface area contributed by atoms with E-state index in [4.69, 9.17) is 4.74 Å². The molecule has 0 aliphatic carbocycles. The van der Waals surface area contributed by atoms with E-state index >= 15 is 0 Å². The van der Waals surface area contributed by atoms with Crippen molar-refractivity contribution in [2.45, 2.75) is 20.8 Å². The number of allylic oxidation sites excluding steroid dienone is 3. The zero-order valence-corrected chi connectivity index (χ0v) is 7.77. The minimum atomic E-state index is 0.889. The molecule has 0 bridgehead atoms. The molecule has 0 saturated carbocycles. The van der Waals surface area contributed by atoms with Crippen LogP contribution in [0.2, 0.25) is 0 Å². The predicted molar refractivity (Wildman–Crippen MR) is 49.3 cm³/mol. The minimum absolute atomic E-state index is 0.889. The second-order valence-corrected chi connectivity index (χ2v) is 2.34. The lowest BCUT2D eigenvalue weighted by molar-refractivity contribution is 0.301. The van der Waals surface area contributed by atoms with Crippen molar-refractivity contribution in [1.82, 2.24) is 0 Å². The van der Waals surface area contributed by atoms with Crippen LogP contribution in [0.1, 0.15) is 20.8 Å². The fourth-order valence-corrected chi connectivity index (χ4v) is 0.982. The topological polar surface area (TPSA) is 9.23 Å². The number of hydrogen-bond donors (Lipinski definition) is 0. The summed E-state index contributed by atoms with van der Waals surface area (Å²) in [6.45, 7) is 9.75. The Labute approximate surface area is 69.1 Å². The first-order chi connectivity index (χ1) is 5.17. The summed E-state index contributed by atoms with van der Waals surface area (Å²) in [5.41, 5.74) is 2.11. The Kier molecular flexibility index (Phi) is 4.35. The summed E-state index contributed by atoms with van der Waals surface area (Å²) >= 11 is 0. The first kappa shape index (κ1) is 10.0. The van der Waals surface area contributed by atoms with E-state index in [1.54, 1.807) is 7.11 Å². The zero-order valence-electron chi connectivity index (χ0n) is 7.77. The smallest absolute Gasteiger partial charge is 0.121 e. The molecule has 0 rings (SSSR count). The highest BCUT2D eigenvalue weighted by molar-refractivity contribution is 5.40. The molecule has 0 aliphatic rings. The van der Waals surface area contributed by atoms with Crippen LogP contribution in [-0.2, 0) is 4.74 Å². The number of hydrogen-bond acceptors (Lipinski definition) is 1. The van der Waals surface area contributed by atoms with E-state index in [1.165, 1.54) is 0 Å². The van der Waals surface area contributed by atoms with Gasteiger partial charge in [-0.3, -0.25) is 0 Å². The average Bonchev–Trinajstić information content (AvgIpc) is 1.99. The van der Waals surface area contributed by atoms with Crippen molar-refractivity contribution in [3.8, 4) is 0 Å². The van der Waals surface area contributed by atoms with Crippen LogP contribution in [0.5, 0.6) is 0 Å². The molecule has 0 fully saturated rings. The van der Waals surface area contributed by atoms with Crippen LogP contribution < -0.4 is 0 Å². The summed E-state index contributed by atoms with van der Waals surface area (Å²) in [5, 5.41) is 0. The number of ether oxygens (including phenoxy) is 1. The van der Waals surface area contributed by atoms with E-state index in [0.717, 1.165) is 16.9 Å². The van der Waals surface area contributed by atoms with Crippen LogP contribution >= 0.6 is 0 Å². The normalized spacial score (nSPS) is 13.1. The maximum Gasteiger partial charge on any atom is 0.121 e. The number of methoxy groups -OCH3 is 1. The third-order valence-corrected chi connectivity index (χ3v) is 1.50.